The number of amides is 1. The highest BCUT2D eigenvalue weighted by molar-refractivity contribution is 5.95. The number of carbonyl (C=O) groups excluding carboxylic acids is 1. The molecule has 0 aliphatic carbocycles. The number of aromatic nitrogens is 2. The number of anilines is 2. The lowest BCUT2D eigenvalue weighted by Crippen LogP contribution is -2.49. The highest BCUT2D eigenvalue weighted by Crippen LogP contribution is 2.36. The number of likely N-dealkylation sites (tertiary alicyclic amines) is 1. The number of aromatic hydroxyl groups is 1. The zero-order chi connectivity index (χ0) is 29.2. The third-order valence-electron chi connectivity index (χ3n) is 8.36. The monoisotopic (exact) mass is 578 g/mol. The lowest BCUT2D eigenvalue weighted by molar-refractivity contribution is -0.126. The Morgan fingerprint density at radius 3 is 2.57 bits per heavy atom. The Morgan fingerprint density at radius 1 is 1.05 bits per heavy atom. The van der Waals surface area contributed by atoms with E-state index in [2.05, 4.69) is 22.4 Å². The summed E-state index contributed by atoms with van der Waals surface area (Å²) in [6.07, 6.45) is -0.196. The van der Waals surface area contributed by atoms with E-state index in [1.54, 1.807) is 21.9 Å². The van der Waals surface area contributed by atoms with Gasteiger partial charge < -0.3 is 24.5 Å². The van der Waals surface area contributed by atoms with Crippen molar-refractivity contribution in [2.75, 3.05) is 68.8 Å². The van der Waals surface area contributed by atoms with Crippen LogP contribution in [-0.4, -0.2) is 102 Å². The summed E-state index contributed by atoms with van der Waals surface area (Å²) >= 11 is 0. The van der Waals surface area contributed by atoms with Crippen molar-refractivity contribution in [3.05, 3.63) is 60.3 Å². The van der Waals surface area contributed by atoms with E-state index in [1.165, 1.54) is 6.08 Å². The largest absolute Gasteiger partial charge is 0.508 e. The molecule has 42 heavy (non-hydrogen) atoms. The summed E-state index contributed by atoms with van der Waals surface area (Å²) in [6.45, 7) is 8.35. The molecule has 2 aromatic carbocycles. The molecule has 0 spiro atoms. The van der Waals surface area contributed by atoms with E-state index >= 15 is 0 Å². The average molecular weight is 579 g/mol. The lowest BCUT2D eigenvalue weighted by Gasteiger charge is -2.38. The third kappa shape index (κ3) is 5.83. The number of carbonyl (C=O) groups is 1. The number of benzene rings is 2. The molecular weight excluding hydrogens is 542 g/mol. The van der Waals surface area contributed by atoms with Gasteiger partial charge in [0, 0.05) is 75.1 Å². The lowest BCUT2D eigenvalue weighted by atomic mass is 10.0. The molecule has 3 aliphatic rings. The Bertz CT molecular complexity index is 1450. The van der Waals surface area contributed by atoms with Crippen molar-refractivity contribution in [1.82, 2.24) is 19.8 Å². The van der Waals surface area contributed by atoms with E-state index in [1.807, 2.05) is 18.2 Å². The van der Waals surface area contributed by atoms with Gasteiger partial charge in [0.25, 0.3) is 0 Å². The minimum atomic E-state index is -1.42. The fourth-order valence-corrected chi connectivity index (χ4v) is 6.16. The molecule has 1 N–H and O–H groups in total. The molecule has 222 valence electrons. The standard InChI is InChI=1S/C31H36F2N6O3/c1-2-29(41)37-11-13-38(14-12-37)30-24-8-10-39(28-17-22(40)16-21-6-3-4-7-23(21)28)20-27(24)34-31(35-30)42-15-5-9-36-18-25(32)26(33)19-36/h2-4,6-7,16-17,25-26,40H,1,5,8-15,18-20H2/t25-,26?/m1/s1. The molecule has 9 nitrogen and oxygen atoms in total. The molecule has 0 radical (unpaired) electrons. The fraction of sp³-hybridized carbons (Fsp3) is 0.452. The smallest absolute Gasteiger partial charge is 0.318 e. The summed E-state index contributed by atoms with van der Waals surface area (Å²) < 4.78 is 33.1. The zero-order valence-corrected chi connectivity index (χ0v) is 23.6. The maximum atomic E-state index is 13.6. The molecule has 1 unspecified atom stereocenters. The second-order valence-corrected chi connectivity index (χ2v) is 11.1. The number of piperazine rings is 1. The molecule has 2 fully saturated rings. The molecule has 6 rings (SSSR count). The molecule has 2 saturated heterocycles. The van der Waals surface area contributed by atoms with Gasteiger partial charge in [-0.25, -0.2) is 8.78 Å². The van der Waals surface area contributed by atoms with E-state index in [0.717, 1.165) is 40.1 Å². The number of ether oxygens (including phenoxy) is 1. The first-order valence-corrected chi connectivity index (χ1v) is 14.6. The number of phenolic OH excluding ortho intramolecular Hbond substituents is 1. The number of halogens is 2. The molecule has 4 heterocycles. The maximum absolute atomic E-state index is 13.6. The second-order valence-electron chi connectivity index (χ2n) is 11.1. The van der Waals surface area contributed by atoms with Crippen molar-refractivity contribution in [2.45, 2.75) is 31.7 Å². The highest BCUT2D eigenvalue weighted by Gasteiger charge is 2.32. The Morgan fingerprint density at radius 2 is 1.81 bits per heavy atom. The molecule has 3 aromatic rings. The molecular formula is C31H36F2N6O3. The van der Waals surface area contributed by atoms with Crippen LogP contribution in [0.2, 0.25) is 0 Å². The van der Waals surface area contributed by atoms with Gasteiger partial charge in [0.15, 0.2) is 0 Å². The van der Waals surface area contributed by atoms with Gasteiger partial charge >= 0.3 is 6.01 Å². The molecule has 2 atom stereocenters. The number of fused-ring (bicyclic) bond motifs is 2. The minimum absolute atomic E-state index is 0.0754. The average Bonchev–Trinajstić information content (AvgIpc) is 3.34. The van der Waals surface area contributed by atoms with E-state index in [0.29, 0.717) is 58.7 Å². The van der Waals surface area contributed by atoms with Crippen molar-refractivity contribution in [2.24, 2.45) is 0 Å². The van der Waals surface area contributed by atoms with Crippen molar-refractivity contribution in [1.29, 1.82) is 0 Å². The van der Waals surface area contributed by atoms with Crippen LogP contribution in [0.1, 0.15) is 17.7 Å². The van der Waals surface area contributed by atoms with Crippen molar-refractivity contribution in [3.8, 4) is 11.8 Å². The fourth-order valence-electron chi connectivity index (χ4n) is 6.16. The van der Waals surface area contributed by atoms with Gasteiger partial charge in [0.05, 0.1) is 18.8 Å². The van der Waals surface area contributed by atoms with Crippen LogP contribution in [0.3, 0.4) is 0 Å². The number of hydrogen-bond acceptors (Lipinski definition) is 8. The SMILES string of the molecule is C=CC(=O)N1CCN(c2nc(OCCCN3CC(F)[C@H](F)C3)nc3c2CCN(c2cc(O)cc4ccccc24)C3)CC1. The number of alkyl halides is 2. The van der Waals surface area contributed by atoms with Crippen LogP contribution in [0.5, 0.6) is 11.8 Å². The Balaban J connectivity index is 1.23. The summed E-state index contributed by atoms with van der Waals surface area (Å²) in [6, 6.07) is 11.8. The molecule has 11 heteroatoms. The molecule has 1 amide bonds. The van der Waals surface area contributed by atoms with Crippen LogP contribution in [-0.2, 0) is 17.8 Å². The number of hydrogen-bond donors (Lipinski definition) is 1. The quantitative estimate of drug-likeness (QED) is 0.321. The van der Waals surface area contributed by atoms with Crippen LogP contribution in [0.4, 0.5) is 20.3 Å². The van der Waals surface area contributed by atoms with Gasteiger partial charge in [-0.1, -0.05) is 30.8 Å². The van der Waals surface area contributed by atoms with Gasteiger partial charge in [0.2, 0.25) is 5.91 Å². The second kappa shape index (κ2) is 12.1. The summed E-state index contributed by atoms with van der Waals surface area (Å²) in [5, 5.41) is 12.5. The zero-order valence-electron chi connectivity index (χ0n) is 23.6. The summed E-state index contributed by atoms with van der Waals surface area (Å²) in [5.74, 6) is 0.958. The first-order chi connectivity index (χ1) is 20.4. The van der Waals surface area contributed by atoms with Crippen LogP contribution in [0.25, 0.3) is 10.8 Å². The van der Waals surface area contributed by atoms with Gasteiger partial charge in [0.1, 0.15) is 23.9 Å². The molecule has 3 aliphatic heterocycles. The van der Waals surface area contributed by atoms with Crippen LogP contribution < -0.4 is 14.5 Å². The first kappa shape index (κ1) is 28.1. The van der Waals surface area contributed by atoms with Gasteiger partial charge in [-0.15, -0.1) is 0 Å². The van der Waals surface area contributed by atoms with Crippen molar-refractivity contribution >= 4 is 28.2 Å². The molecule has 0 bridgehead atoms. The van der Waals surface area contributed by atoms with Crippen molar-refractivity contribution in [3.63, 3.8) is 0 Å². The van der Waals surface area contributed by atoms with Gasteiger partial charge in [-0.3, -0.25) is 9.69 Å². The van der Waals surface area contributed by atoms with Crippen LogP contribution in [0, 0.1) is 0 Å². The Hall–Kier alpha value is -3.99. The van der Waals surface area contributed by atoms with Crippen LogP contribution in [0.15, 0.2) is 49.1 Å². The van der Waals surface area contributed by atoms with E-state index in [-0.39, 0.29) is 30.8 Å². The minimum Gasteiger partial charge on any atom is -0.508 e. The first-order valence-electron chi connectivity index (χ1n) is 14.6. The van der Waals surface area contributed by atoms with Gasteiger partial charge in [-0.2, -0.15) is 9.97 Å². The predicted molar refractivity (Wildman–Crippen MR) is 158 cm³/mol. The third-order valence-corrected chi connectivity index (χ3v) is 8.36. The predicted octanol–water partition coefficient (Wildman–Crippen LogP) is 3.49. The van der Waals surface area contributed by atoms with E-state index < -0.39 is 12.3 Å². The molecule has 0 saturated carbocycles. The summed E-state index contributed by atoms with van der Waals surface area (Å²) in [4.78, 5) is 29.8. The summed E-state index contributed by atoms with van der Waals surface area (Å²) in [5.41, 5.74) is 2.86. The van der Waals surface area contributed by atoms with Crippen molar-refractivity contribution < 1.29 is 23.4 Å². The summed E-state index contributed by atoms with van der Waals surface area (Å²) in [7, 11) is 0. The normalized spacial score (nSPS) is 21.0. The highest BCUT2D eigenvalue weighted by atomic mass is 19.2. The number of phenols is 1. The number of rotatable bonds is 8. The number of nitrogens with zero attached hydrogens (tertiary/aromatic N) is 6. The van der Waals surface area contributed by atoms with E-state index in [9.17, 15) is 18.7 Å². The van der Waals surface area contributed by atoms with E-state index in [4.69, 9.17) is 14.7 Å². The maximum Gasteiger partial charge on any atom is 0.318 e. The van der Waals surface area contributed by atoms with Crippen LogP contribution >= 0.6 is 0 Å². The topological polar surface area (TPSA) is 85.3 Å². The van der Waals surface area contributed by atoms with Gasteiger partial charge in [-0.05, 0) is 30.4 Å². The Kier molecular flexibility index (Phi) is 8.10. The Labute approximate surface area is 244 Å². The molecule has 1 aromatic heterocycles.